The van der Waals surface area contributed by atoms with Crippen molar-refractivity contribution in [1.82, 2.24) is 15.8 Å². The molecule has 8 heteroatoms. The second-order valence-electron chi connectivity index (χ2n) is 6.70. The molecule has 0 aliphatic carbocycles. The highest BCUT2D eigenvalue weighted by Gasteiger charge is 2.50. The minimum absolute atomic E-state index is 0.0435. The van der Waals surface area contributed by atoms with Crippen LogP contribution in [0.4, 0.5) is 4.79 Å². The van der Waals surface area contributed by atoms with Gasteiger partial charge in [-0.3, -0.25) is 9.59 Å². The second-order valence-corrected chi connectivity index (χ2v) is 7.62. The third kappa shape index (κ3) is 2.77. The fourth-order valence-electron chi connectivity index (χ4n) is 3.27. The number of nitrogens with one attached hydrogen (secondary N) is 2. The minimum Gasteiger partial charge on any atom is -0.451 e. The van der Waals surface area contributed by atoms with Crippen molar-refractivity contribution < 1.29 is 18.8 Å². The summed E-state index contributed by atoms with van der Waals surface area (Å²) in [5.74, 6) is -1.21. The number of fused-ring (bicyclic) bond motifs is 1. The molecule has 1 aliphatic rings. The van der Waals surface area contributed by atoms with Gasteiger partial charge in [0.15, 0.2) is 5.76 Å². The molecule has 4 rings (SSSR count). The van der Waals surface area contributed by atoms with Crippen LogP contribution in [-0.4, -0.2) is 22.9 Å². The molecule has 2 N–H and O–H groups in total. The zero-order valence-corrected chi connectivity index (χ0v) is 16.7. The summed E-state index contributed by atoms with van der Waals surface area (Å²) in [6.07, 6.45) is 0. The Hall–Kier alpha value is -3.13. The predicted molar refractivity (Wildman–Crippen MR) is 105 cm³/mol. The van der Waals surface area contributed by atoms with E-state index in [1.54, 1.807) is 50.2 Å². The third-order valence-electron chi connectivity index (χ3n) is 4.86. The number of nitrogens with zero attached hydrogens (tertiary/aromatic N) is 1. The normalized spacial score (nSPS) is 19.2. The van der Waals surface area contributed by atoms with Crippen LogP contribution in [0.1, 0.15) is 28.6 Å². The third-order valence-corrected chi connectivity index (χ3v) is 5.35. The first-order chi connectivity index (χ1) is 13.3. The Balaban J connectivity index is 1.63. The van der Waals surface area contributed by atoms with Gasteiger partial charge in [-0.15, -0.1) is 0 Å². The number of hydrogen-bond donors (Lipinski definition) is 2. The molecule has 4 amide bonds. The van der Waals surface area contributed by atoms with E-state index in [4.69, 9.17) is 4.42 Å². The van der Waals surface area contributed by atoms with Gasteiger partial charge >= 0.3 is 11.9 Å². The smallest absolute Gasteiger partial charge is 0.344 e. The SMILES string of the molecule is Cc1c(C(=O)NN2C(=O)NC(C)(c3ccccc3)C2=O)oc2ccc(Br)cc12. The van der Waals surface area contributed by atoms with Crippen LogP contribution in [0.3, 0.4) is 0 Å². The summed E-state index contributed by atoms with van der Waals surface area (Å²) in [7, 11) is 0. The number of carbonyl (C=O) groups is 3. The molecule has 0 saturated carbocycles. The zero-order valence-electron chi connectivity index (χ0n) is 15.1. The Morgan fingerprint density at radius 1 is 1.18 bits per heavy atom. The van der Waals surface area contributed by atoms with Crippen LogP contribution in [0.2, 0.25) is 0 Å². The second kappa shape index (κ2) is 6.49. The summed E-state index contributed by atoms with van der Waals surface area (Å²) >= 11 is 3.39. The van der Waals surface area contributed by atoms with Crippen molar-refractivity contribution in [3.05, 3.63) is 69.9 Å². The largest absolute Gasteiger partial charge is 0.451 e. The molecule has 7 nitrogen and oxygen atoms in total. The number of aryl methyl sites for hydroxylation is 1. The van der Waals surface area contributed by atoms with Gasteiger partial charge in [0, 0.05) is 15.4 Å². The summed E-state index contributed by atoms with van der Waals surface area (Å²) in [4.78, 5) is 38.0. The van der Waals surface area contributed by atoms with Gasteiger partial charge in [0.05, 0.1) is 0 Å². The van der Waals surface area contributed by atoms with Gasteiger partial charge in [-0.1, -0.05) is 46.3 Å². The lowest BCUT2D eigenvalue weighted by atomic mass is 9.92. The molecule has 0 bridgehead atoms. The first kappa shape index (κ1) is 18.2. The van der Waals surface area contributed by atoms with E-state index >= 15 is 0 Å². The van der Waals surface area contributed by atoms with Gasteiger partial charge in [-0.05, 0) is 37.6 Å². The summed E-state index contributed by atoms with van der Waals surface area (Å²) in [5.41, 5.74) is 2.88. The number of hydrazine groups is 1. The highest BCUT2D eigenvalue weighted by Crippen LogP contribution is 2.30. The topological polar surface area (TPSA) is 91.7 Å². The molecule has 0 spiro atoms. The summed E-state index contributed by atoms with van der Waals surface area (Å²) in [6.45, 7) is 3.34. The molecule has 1 aliphatic heterocycles. The van der Waals surface area contributed by atoms with Crippen molar-refractivity contribution >= 4 is 44.7 Å². The maximum absolute atomic E-state index is 12.9. The van der Waals surface area contributed by atoms with Crippen LogP contribution in [-0.2, 0) is 10.3 Å². The maximum atomic E-state index is 12.9. The van der Waals surface area contributed by atoms with Crippen molar-refractivity contribution in [2.24, 2.45) is 0 Å². The zero-order chi connectivity index (χ0) is 20.1. The standard InChI is InChI=1S/C20H16BrN3O4/c1-11-14-10-13(21)8-9-15(14)28-16(11)17(25)23-24-18(26)20(2,22-19(24)27)12-6-4-3-5-7-12/h3-10H,1-2H3,(H,22,27)(H,23,25). The molecule has 1 saturated heterocycles. The molecule has 28 heavy (non-hydrogen) atoms. The van der Waals surface area contributed by atoms with E-state index in [0.29, 0.717) is 21.7 Å². The number of amides is 4. The van der Waals surface area contributed by atoms with Gasteiger partial charge in [-0.25, -0.2) is 10.2 Å². The number of imide groups is 1. The molecule has 1 atom stereocenters. The van der Waals surface area contributed by atoms with E-state index in [-0.39, 0.29) is 5.76 Å². The van der Waals surface area contributed by atoms with Crippen LogP contribution in [0.15, 0.2) is 57.4 Å². The lowest BCUT2D eigenvalue weighted by Crippen LogP contribution is -2.48. The summed E-state index contributed by atoms with van der Waals surface area (Å²) in [5, 5.41) is 4.10. The molecule has 1 unspecified atom stereocenters. The Labute approximate surface area is 168 Å². The number of urea groups is 1. The average Bonchev–Trinajstić information content (AvgIpc) is 3.12. The molecule has 1 fully saturated rings. The average molecular weight is 442 g/mol. The first-order valence-electron chi connectivity index (χ1n) is 8.53. The van der Waals surface area contributed by atoms with Crippen LogP contribution < -0.4 is 10.7 Å². The van der Waals surface area contributed by atoms with E-state index in [1.807, 2.05) is 12.1 Å². The van der Waals surface area contributed by atoms with E-state index in [1.165, 1.54) is 0 Å². The van der Waals surface area contributed by atoms with E-state index in [0.717, 1.165) is 9.86 Å². The minimum atomic E-state index is -1.26. The van der Waals surface area contributed by atoms with Gasteiger partial charge < -0.3 is 9.73 Å². The summed E-state index contributed by atoms with van der Waals surface area (Å²) < 4.78 is 6.48. The molecule has 1 aromatic heterocycles. The van der Waals surface area contributed by atoms with E-state index < -0.39 is 23.4 Å². The first-order valence-corrected chi connectivity index (χ1v) is 9.32. The number of furan rings is 1. The monoisotopic (exact) mass is 441 g/mol. The van der Waals surface area contributed by atoms with Crippen LogP contribution in [0.25, 0.3) is 11.0 Å². The van der Waals surface area contributed by atoms with Crippen molar-refractivity contribution in [2.75, 3.05) is 0 Å². The Bertz CT molecular complexity index is 1130. The van der Waals surface area contributed by atoms with Crippen molar-refractivity contribution in [1.29, 1.82) is 0 Å². The molecular weight excluding hydrogens is 426 g/mol. The quantitative estimate of drug-likeness (QED) is 0.607. The van der Waals surface area contributed by atoms with Gasteiger partial charge in [0.2, 0.25) is 0 Å². The molecule has 0 radical (unpaired) electrons. The molecule has 142 valence electrons. The summed E-state index contributed by atoms with van der Waals surface area (Å²) in [6, 6.07) is 13.5. The Morgan fingerprint density at radius 3 is 2.61 bits per heavy atom. The van der Waals surface area contributed by atoms with Crippen LogP contribution in [0.5, 0.6) is 0 Å². The number of halogens is 1. The number of carbonyl (C=O) groups excluding carboxylic acids is 3. The number of hydrogen-bond acceptors (Lipinski definition) is 4. The fourth-order valence-corrected chi connectivity index (χ4v) is 3.63. The molecule has 2 aromatic carbocycles. The maximum Gasteiger partial charge on any atom is 0.344 e. The number of benzene rings is 2. The lowest BCUT2D eigenvalue weighted by Gasteiger charge is -2.21. The highest BCUT2D eigenvalue weighted by atomic mass is 79.9. The van der Waals surface area contributed by atoms with E-state index in [2.05, 4.69) is 26.7 Å². The molecule has 3 aromatic rings. The molecular formula is C20H16BrN3O4. The fraction of sp³-hybridized carbons (Fsp3) is 0.150. The number of rotatable bonds is 3. The van der Waals surface area contributed by atoms with Gasteiger partial charge in [0.1, 0.15) is 11.1 Å². The lowest BCUT2D eigenvalue weighted by molar-refractivity contribution is -0.132. The van der Waals surface area contributed by atoms with Crippen molar-refractivity contribution in [3.63, 3.8) is 0 Å². The highest BCUT2D eigenvalue weighted by molar-refractivity contribution is 9.10. The van der Waals surface area contributed by atoms with Crippen molar-refractivity contribution in [3.8, 4) is 0 Å². The molecule has 2 heterocycles. The van der Waals surface area contributed by atoms with Crippen LogP contribution >= 0.6 is 15.9 Å². The van der Waals surface area contributed by atoms with Crippen molar-refractivity contribution in [2.45, 2.75) is 19.4 Å². The van der Waals surface area contributed by atoms with Gasteiger partial charge in [-0.2, -0.15) is 5.01 Å². The van der Waals surface area contributed by atoms with Gasteiger partial charge in [0.25, 0.3) is 5.91 Å². The van der Waals surface area contributed by atoms with Crippen LogP contribution in [0, 0.1) is 6.92 Å². The Kier molecular flexibility index (Phi) is 4.23. The Morgan fingerprint density at radius 2 is 1.89 bits per heavy atom. The predicted octanol–water partition coefficient (Wildman–Crippen LogP) is 3.62. The van der Waals surface area contributed by atoms with E-state index in [9.17, 15) is 14.4 Å².